The van der Waals surface area contributed by atoms with E-state index in [-0.39, 0.29) is 17.9 Å². The predicted octanol–water partition coefficient (Wildman–Crippen LogP) is 1.11. The maximum absolute atomic E-state index is 11.4. The van der Waals surface area contributed by atoms with Crippen LogP contribution >= 0.6 is 0 Å². The third kappa shape index (κ3) is 3.88. The lowest BCUT2D eigenvalue weighted by Crippen LogP contribution is -2.16. The van der Waals surface area contributed by atoms with E-state index in [1.807, 2.05) is 6.07 Å². The van der Waals surface area contributed by atoms with Gasteiger partial charge >= 0.3 is 5.97 Å². The zero-order valence-electron chi connectivity index (χ0n) is 11.3. The van der Waals surface area contributed by atoms with Crippen LogP contribution in [0.3, 0.4) is 0 Å². The second-order valence-electron chi connectivity index (χ2n) is 3.96. The zero-order chi connectivity index (χ0) is 14.3. The molecule has 0 aliphatic heterocycles. The smallest absolute Gasteiger partial charge is 0.327 e. The van der Waals surface area contributed by atoms with Crippen LogP contribution in [0.15, 0.2) is 0 Å². The molecule has 0 saturated heterocycles. The van der Waals surface area contributed by atoms with Crippen LogP contribution in [0.4, 0.5) is 11.6 Å². The van der Waals surface area contributed by atoms with E-state index in [9.17, 15) is 4.79 Å². The number of nitrogens with one attached hydrogen (secondary N) is 1. The molecule has 0 aromatic carbocycles. The van der Waals surface area contributed by atoms with Crippen molar-refractivity contribution < 1.29 is 9.53 Å². The third-order valence-corrected chi connectivity index (χ3v) is 2.51. The molecule has 0 aliphatic carbocycles. The number of carbonyl (C=O) groups is 1. The molecule has 0 fully saturated rings. The minimum atomic E-state index is -0.429. The highest BCUT2D eigenvalue weighted by molar-refractivity contribution is 5.71. The molecule has 0 bridgehead atoms. The number of hydrogen-bond acceptors (Lipinski definition) is 6. The molecule has 0 atom stereocenters. The summed E-state index contributed by atoms with van der Waals surface area (Å²) in [5, 5.41) is 16.2. The van der Waals surface area contributed by atoms with Crippen molar-refractivity contribution in [2.75, 3.05) is 24.2 Å². The SMILES string of the molecule is CCCCNc1nn(CC(=O)OCC)c(N)c1C#N. The Labute approximate surface area is 112 Å². The lowest BCUT2D eigenvalue weighted by molar-refractivity contribution is -0.143. The molecule has 0 amide bonds. The number of aromatic nitrogens is 2. The van der Waals surface area contributed by atoms with Gasteiger partial charge in [-0.05, 0) is 13.3 Å². The fourth-order valence-electron chi connectivity index (χ4n) is 1.54. The first kappa shape index (κ1) is 14.8. The molecule has 19 heavy (non-hydrogen) atoms. The van der Waals surface area contributed by atoms with Gasteiger partial charge in [0.1, 0.15) is 24.0 Å². The zero-order valence-corrected chi connectivity index (χ0v) is 11.3. The summed E-state index contributed by atoms with van der Waals surface area (Å²) in [6.45, 7) is 4.71. The first-order valence-electron chi connectivity index (χ1n) is 6.29. The Bertz CT molecular complexity index is 475. The maximum Gasteiger partial charge on any atom is 0.327 e. The molecular formula is C12H19N5O2. The molecule has 0 saturated carbocycles. The molecule has 7 heteroatoms. The van der Waals surface area contributed by atoms with E-state index in [0.717, 1.165) is 12.8 Å². The Balaban J connectivity index is 2.83. The number of nitrogens with zero attached hydrogens (tertiary/aromatic N) is 3. The summed E-state index contributed by atoms with van der Waals surface area (Å²) in [4.78, 5) is 11.4. The summed E-state index contributed by atoms with van der Waals surface area (Å²) in [5.74, 6) is 0.161. The Morgan fingerprint density at radius 2 is 2.32 bits per heavy atom. The average Bonchev–Trinajstić information content (AvgIpc) is 2.66. The number of nitriles is 1. The van der Waals surface area contributed by atoms with E-state index in [0.29, 0.717) is 19.0 Å². The van der Waals surface area contributed by atoms with Crippen molar-refractivity contribution in [1.82, 2.24) is 9.78 Å². The summed E-state index contributed by atoms with van der Waals surface area (Å²) in [5.41, 5.74) is 6.06. The van der Waals surface area contributed by atoms with Crippen LogP contribution in [0.1, 0.15) is 32.3 Å². The highest BCUT2D eigenvalue weighted by Crippen LogP contribution is 2.20. The summed E-state index contributed by atoms with van der Waals surface area (Å²) >= 11 is 0. The van der Waals surface area contributed by atoms with Gasteiger partial charge in [-0.2, -0.15) is 10.4 Å². The fraction of sp³-hybridized carbons (Fsp3) is 0.583. The number of nitrogen functional groups attached to an aromatic ring is 1. The number of carbonyl (C=O) groups excluding carboxylic acids is 1. The second-order valence-corrected chi connectivity index (χ2v) is 3.96. The molecule has 1 heterocycles. The van der Waals surface area contributed by atoms with Gasteiger partial charge in [0.2, 0.25) is 0 Å². The Morgan fingerprint density at radius 1 is 1.58 bits per heavy atom. The number of esters is 1. The number of nitrogens with two attached hydrogens (primary N) is 1. The molecular weight excluding hydrogens is 246 g/mol. The van der Waals surface area contributed by atoms with Crippen molar-refractivity contribution in [3.63, 3.8) is 0 Å². The number of anilines is 2. The highest BCUT2D eigenvalue weighted by Gasteiger charge is 2.17. The second kappa shape index (κ2) is 7.26. The molecule has 0 spiro atoms. The number of unbranched alkanes of at least 4 members (excludes halogenated alkanes) is 1. The summed E-state index contributed by atoms with van der Waals surface area (Å²) in [6, 6.07) is 1.99. The lowest BCUT2D eigenvalue weighted by Gasteiger charge is -2.03. The first-order chi connectivity index (χ1) is 9.13. The summed E-state index contributed by atoms with van der Waals surface area (Å²) in [6.07, 6.45) is 2.00. The Morgan fingerprint density at radius 3 is 2.89 bits per heavy atom. The lowest BCUT2D eigenvalue weighted by atomic mass is 10.3. The molecule has 7 nitrogen and oxygen atoms in total. The molecule has 1 aromatic rings. The average molecular weight is 265 g/mol. The molecule has 0 radical (unpaired) electrons. The van der Waals surface area contributed by atoms with Gasteiger partial charge < -0.3 is 15.8 Å². The number of ether oxygens (including phenoxy) is 1. The van der Waals surface area contributed by atoms with Gasteiger partial charge in [0.15, 0.2) is 5.82 Å². The van der Waals surface area contributed by atoms with Crippen LogP contribution in [0.5, 0.6) is 0 Å². The van der Waals surface area contributed by atoms with Crippen molar-refractivity contribution in [2.45, 2.75) is 33.2 Å². The molecule has 1 aromatic heterocycles. The van der Waals surface area contributed by atoms with Crippen molar-refractivity contribution in [2.24, 2.45) is 0 Å². The molecule has 1 rings (SSSR count). The van der Waals surface area contributed by atoms with Crippen molar-refractivity contribution >= 4 is 17.6 Å². The van der Waals surface area contributed by atoms with Crippen LogP contribution in [-0.2, 0) is 16.1 Å². The molecule has 0 aliphatic rings. The minimum Gasteiger partial charge on any atom is -0.465 e. The van der Waals surface area contributed by atoms with E-state index in [1.165, 1.54) is 4.68 Å². The molecule has 104 valence electrons. The topological polar surface area (TPSA) is 106 Å². The van der Waals surface area contributed by atoms with Gasteiger partial charge in [0, 0.05) is 6.54 Å². The van der Waals surface area contributed by atoms with E-state index < -0.39 is 5.97 Å². The largest absolute Gasteiger partial charge is 0.465 e. The van der Waals surface area contributed by atoms with E-state index in [4.69, 9.17) is 15.7 Å². The summed E-state index contributed by atoms with van der Waals surface area (Å²) < 4.78 is 6.11. The summed E-state index contributed by atoms with van der Waals surface area (Å²) in [7, 11) is 0. The van der Waals surface area contributed by atoms with E-state index in [1.54, 1.807) is 6.92 Å². The van der Waals surface area contributed by atoms with Gasteiger partial charge in [-0.3, -0.25) is 4.79 Å². The van der Waals surface area contributed by atoms with E-state index in [2.05, 4.69) is 17.3 Å². The van der Waals surface area contributed by atoms with Gasteiger partial charge in [-0.1, -0.05) is 13.3 Å². The normalized spacial score (nSPS) is 9.95. The molecule has 0 unspecified atom stereocenters. The van der Waals surface area contributed by atoms with E-state index >= 15 is 0 Å². The standard InChI is InChI=1S/C12H19N5O2/c1-3-5-6-15-12-9(7-13)11(14)17(16-12)8-10(18)19-4-2/h3-6,8,14H2,1-2H3,(H,15,16). The third-order valence-electron chi connectivity index (χ3n) is 2.51. The quantitative estimate of drug-likeness (QED) is 0.565. The van der Waals surface area contributed by atoms with Crippen molar-refractivity contribution in [3.8, 4) is 6.07 Å². The molecule has 3 N–H and O–H groups in total. The Hall–Kier alpha value is -2.23. The predicted molar refractivity (Wildman–Crippen MR) is 71.4 cm³/mol. The van der Waals surface area contributed by atoms with Crippen LogP contribution < -0.4 is 11.1 Å². The van der Waals surface area contributed by atoms with Gasteiger partial charge in [0.05, 0.1) is 6.61 Å². The number of rotatable bonds is 7. The first-order valence-corrected chi connectivity index (χ1v) is 6.29. The number of hydrogen-bond donors (Lipinski definition) is 2. The maximum atomic E-state index is 11.4. The van der Waals surface area contributed by atoms with Gasteiger partial charge in [0.25, 0.3) is 0 Å². The van der Waals surface area contributed by atoms with Crippen LogP contribution in [0.2, 0.25) is 0 Å². The Kier molecular flexibility index (Phi) is 5.67. The van der Waals surface area contributed by atoms with Gasteiger partial charge in [-0.25, -0.2) is 4.68 Å². The van der Waals surface area contributed by atoms with Crippen LogP contribution in [0.25, 0.3) is 0 Å². The highest BCUT2D eigenvalue weighted by atomic mass is 16.5. The van der Waals surface area contributed by atoms with Gasteiger partial charge in [-0.15, -0.1) is 0 Å². The monoisotopic (exact) mass is 265 g/mol. The fourth-order valence-corrected chi connectivity index (χ4v) is 1.54. The van der Waals surface area contributed by atoms with Crippen molar-refractivity contribution in [1.29, 1.82) is 5.26 Å². The minimum absolute atomic E-state index is 0.0934. The van der Waals surface area contributed by atoms with Crippen LogP contribution in [0, 0.1) is 11.3 Å². The van der Waals surface area contributed by atoms with Crippen molar-refractivity contribution in [3.05, 3.63) is 5.56 Å². The van der Waals surface area contributed by atoms with Crippen LogP contribution in [-0.4, -0.2) is 28.9 Å².